The number of hydrogen-bond acceptors (Lipinski definition) is 6. The Hall–Kier alpha value is -3.07. The summed E-state index contributed by atoms with van der Waals surface area (Å²) in [5.74, 6) is 0.379. The highest BCUT2D eigenvalue weighted by molar-refractivity contribution is 8.18. The van der Waals surface area contributed by atoms with Crippen molar-refractivity contribution >= 4 is 40.5 Å². The lowest BCUT2D eigenvalue weighted by atomic mass is 10.1. The molecule has 2 aromatic carbocycles. The van der Waals surface area contributed by atoms with Crippen LogP contribution in [-0.4, -0.2) is 57.7 Å². The van der Waals surface area contributed by atoms with E-state index in [0.29, 0.717) is 41.1 Å². The van der Waals surface area contributed by atoms with Crippen LogP contribution < -0.4 is 4.74 Å². The third kappa shape index (κ3) is 5.21. The first kappa shape index (κ1) is 24.6. The van der Waals surface area contributed by atoms with Crippen LogP contribution in [0.25, 0.3) is 23.0 Å². The Labute approximate surface area is 219 Å². The molecule has 9 heteroatoms. The van der Waals surface area contributed by atoms with Gasteiger partial charge in [0.25, 0.3) is 5.91 Å². The van der Waals surface area contributed by atoms with Crippen LogP contribution in [0.2, 0.25) is 5.02 Å². The molecule has 2 atom stereocenters. The molecule has 186 valence electrons. The van der Waals surface area contributed by atoms with Crippen molar-refractivity contribution < 1.29 is 14.3 Å². The zero-order valence-corrected chi connectivity index (χ0v) is 21.9. The number of carbonyl (C=O) groups is 1. The number of benzene rings is 2. The molecule has 2 aliphatic heterocycles. The molecule has 0 radical (unpaired) electrons. The number of hydrogen-bond donors (Lipinski definition) is 0. The molecule has 2 aliphatic rings. The van der Waals surface area contributed by atoms with E-state index in [-0.39, 0.29) is 18.1 Å². The van der Waals surface area contributed by atoms with Gasteiger partial charge < -0.3 is 14.4 Å². The number of aliphatic imine (C=N–C) groups is 1. The van der Waals surface area contributed by atoms with Crippen LogP contribution in [0.5, 0.6) is 5.75 Å². The van der Waals surface area contributed by atoms with Gasteiger partial charge in [-0.15, -0.1) is 0 Å². The molecular formula is C27H27ClN4O3S. The van der Waals surface area contributed by atoms with E-state index >= 15 is 0 Å². The van der Waals surface area contributed by atoms with E-state index in [4.69, 9.17) is 26.2 Å². The van der Waals surface area contributed by atoms with Gasteiger partial charge in [-0.05, 0) is 68.9 Å². The third-order valence-corrected chi connectivity index (χ3v) is 7.19. The Kier molecular flexibility index (Phi) is 7.18. The Morgan fingerprint density at radius 3 is 2.61 bits per heavy atom. The quantitative estimate of drug-likeness (QED) is 0.402. The second kappa shape index (κ2) is 10.5. The van der Waals surface area contributed by atoms with E-state index < -0.39 is 0 Å². The highest BCUT2D eigenvalue weighted by Gasteiger charge is 2.31. The average molecular weight is 523 g/mol. The monoisotopic (exact) mass is 522 g/mol. The fourth-order valence-corrected chi connectivity index (χ4v) is 5.52. The van der Waals surface area contributed by atoms with Crippen LogP contribution >= 0.6 is 23.4 Å². The van der Waals surface area contributed by atoms with Crippen molar-refractivity contribution in [2.45, 2.75) is 33.0 Å². The van der Waals surface area contributed by atoms with Crippen LogP contribution in [0.4, 0.5) is 0 Å². The molecule has 0 unspecified atom stereocenters. The van der Waals surface area contributed by atoms with E-state index in [1.165, 1.54) is 11.8 Å². The third-order valence-electron chi connectivity index (χ3n) is 5.85. The number of nitrogens with zero attached hydrogens (tertiary/aromatic N) is 4. The summed E-state index contributed by atoms with van der Waals surface area (Å²) in [7, 11) is 0. The molecule has 0 saturated carbocycles. The topological polar surface area (TPSA) is 68.9 Å². The van der Waals surface area contributed by atoms with Crippen LogP contribution in [0.1, 0.15) is 26.3 Å². The predicted molar refractivity (Wildman–Crippen MR) is 145 cm³/mol. The number of morpholine rings is 1. The van der Waals surface area contributed by atoms with Crippen molar-refractivity contribution in [2.24, 2.45) is 4.99 Å². The summed E-state index contributed by atoms with van der Waals surface area (Å²) >= 11 is 7.88. The summed E-state index contributed by atoms with van der Waals surface area (Å²) < 4.78 is 13.2. The Morgan fingerprint density at radius 2 is 1.92 bits per heavy atom. The van der Waals surface area contributed by atoms with Crippen molar-refractivity contribution in [2.75, 3.05) is 19.7 Å². The number of thioether (sulfide) groups is 1. The van der Waals surface area contributed by atoms with E-state index in [0.717, 1.165) is 22.0 Å². The van der Waals surface area contributed by atoms with E-state index in [9.17, 15) is 4.79 Å². The largest absolute Gasteiger partial charge is 0.492 e. The molecular weight excluding hydrogens is 496 g/mol. The summed E-state index contributed by atoms with van der Waals surface area (Å²) in [6, 6.07) is 15.5. The Morgan fingerprint density at radius 1 is 1.17 bits per heavy atom. The smallest absolute Gasteiger partial charge is 0.286 e. The summed E-state index contributed by atoms with van der Waals surface area (Å²) in [5.41, 5.74) is 3.26. The maximum Gasteiger partial charge on any atom is 0.286 e. The van der Waals surface area contributed by atoms with Gasteiger partial charge >= 0.3 is 0 Å². The fraction of sp³-hybridized carbons (Fsp3) is 0.296. The van der Waals surface area contributed by atoms with Gasteiger partial charge in [0.15, 0.2) is 5.17 Å². The molecule has 3 aromatic rings. The SMILES string of the molecule is CCOc1ccc(-c2nn(-c3ccccc3)cc2/C=C2\SC(N3C[C@@H](C)O[C@@H](C)C3)=NC2=O)cc1Cl. The summed E-state index contributed by atoms with van der Waals surface area (Å²) in [6.07, 6.45) is 3.95. The number of ether oxygens (including phenoxy) is 2. The number of carbonyl (C=O) groups excluding carboxylic acids is 1. The number of amidine groups is 1. The summed E-state index contributed by atoms with van der Waals surface area (Å²) in [6.45, 7) is 7.93. The van der Waals surface area contributed by atoms with Crippen molar-refractivity contribution in [1.29, 1.82) is 0 Å². The van der Waals surface area contributed by atoms with Crippen LogP contribution in [0.15, 0.2) is 64.6 Å². The molecule has 36 heavy (non-hydrogen) atoms. The first-order valence-corrected chi connectivity index (χ1v) is 13.1. The number of amides is 1. The molecule has 3 heterocycles. The van der Waals surface area contributed by atoms with Gasteiger partial charge in [-0.25, -0.2) is 4.68 Å². The van der Waals surface area contributed by atoms with Gasteiger partial charge in [0.2, 0.25) is 0 Å². The summed E-state index contributed by atoms with van der Waals surface area (Å²) in [4.78, 5) is 19.9. The maximum absolute atomic E-state index is 12.9. The second-order valence-corrected chi connectivity index (χ2v) is 10.2. The first-order chi connectivity index (χ1) is 17.4. The predicted octanol–water partition coefficient (Wildman–Crippen LogP) is 5.67. The van der Waals surface area contributed by atoms with Gasteiger partial charge in [-0.1, -0.05) is 29.8 Å². The number of rotatable bonds is 5. The second-order valence-electron chi connectivity index (χ2n) is 8.76. The zero-order chi connectivity index (χ0) is 25.2. The normalized spacial score (nSPS) is 21.2. The standard InChI is InChI=1S/C27H27ClN4O3S/c1-4-34-23-11-10-19(12-22(23)28)25-20(16-32(30-25)21-8-6-5-7-9-21)13-24-26(33)29-27(36-24)31-14-17(2)35-18(3)15-31/h5-13,16-18H,4,14-15H2,1-3H3/b24-13-/t17-,18+. The molecule has 1 aromatic heterocycles. The minimum absolute atomic E-state index is 0.0836. The zero-order valence-electron chi connectivity index (χ0n) is 20.3. The maximum atomic E-state index is 12.9. The molecule has 1 amide bonds. The lowest BCUT2D eigenvalue weighted by Gasteiger charge is -2.35. The Balaban J connectivity index is 1.50. The van der Waals surface area contributed by atoms with Gasteiger partial charge in [0.1, 0.15) is 11.4 Å². The number of halogens is 1. The van der Waals surface area contributed by atoms with E-state index in [1.807, 2.05) is 86.3 Å². The number of para-hydroxylation sites is 1. The molecule has 7 nitrogen and oxygen atoms in total. The molecule has 1 saturated heterocycles. The van der Waals surface area contributed by atoms with Crippen LogP contribution in [-0.2, 0) is 9.53 Å². The highest BCUT2D eigenvalue weighted by Crippen LogP contribution is 2.36. The minimum atomic E-state index is -0.245. The fourth-order valence-electron chi connectivity index (χ4n) is 4.36. The van der Waals surface area contributed by atoms with Crippen molar-refractivity contribution in [3.05, 3.63) is 70.2 Å². The summed E-state index contributed by atoms with van der Waals surface area (Å²) in [5, 5.41) is 6.08. The van der Waals surface area contributed by atoms with Crippen LogP contribution in [0.3, 0.4) is 0 Å². The molecule has 0 spiro atoms. The van der Waals surface area contributed by atoms with Gasteiger partial charge in [0, 0.05) is 30.4 Å². The molecule has 0 bridgehead atoms. The lowest BCUT2D eigenvalue weighted by molar-refractivity contribution is -0.113. The minimum Gasteiger partial charge on any atom is -0.492 e. The first-order valence-electron chi connectivity index (χ1n) is 11.9. The lowest BCUT2D eigenvalue weighted by Crippen LogP contribution is -2.47. The van der Waals surface area contributed by atoms with Crippen molar-refractivity contribution in [3.8, 4) is 22.7 Å². The van der Waals surface area contributed by atoms with Gasteiger partial charge in [-0.2, -0.15) is 10.1 Å². The Bertz CT molecular complexity index is 1330. The van der Waals surface area contributed by atoms with Crippen molar-refractivity contribution in [1.82, 2.24) is 14.7 Å². The average Bonchev–Trinajstić information content (AvgIpc) is 3.44. The van der Waals surface area contributed by atoms with Gasteiger partial charge in [0.05, 0.1) is 34.4 Å². The molecule has 0 aliphatic carbocycles. The van der Waals surface area contributed by atoms with Gasteiger partial charge in [-0.3, -0.25) is 4.79 Å². The van der Waals surface area contributed by atoms with E-state index in [1.54, 1.807) is 0 Å². The molecule has 1 fully saturated rings. The highest BCUT2D eigenvalue weighted by atomic mass is 35.5. The van der Waals surface area contributed by atoms with Crippen LogP contribution in [0, 0.1) is 0 Å². The number of aromatic nitrogens is 2. The van der Waals surface area contributed by atoms with Crippen molar-refractivity contribution in [3.63, 3.8) is 0 Å². The molecule has 5 rings (SSSR count). The van der Waals surface area contributed by atoms with E-state index in [2.05, 4.69) is 9.89 Å². The molecule has 0 N–H and O–H groups in total.